The van der Waals surface area contributed by atoms with E-state index in [4.69, 9.17) is 9.84 Å². The zero-order chi connectivity index (χ0) is 23.8. The molecule has 3 rings (SSSR count). The highest BCUT2D eigenvalue weighted by atomic mass is 32.1. The molecule has 33 heavy (non-hydrogen) atoms. The summed E-state index contributed by atoms with van der Waals surface area (Å²) in [6.07, 6.45) is 6.85. The van der Waals surface area contributed by atoms with E-state index >= 15 is 0 Å². The molecule has 0 bridgehead atoms. The number of rotatable bonds is 8. The van der Waals surface area contributed by atoms with Crippen LogP contribution in [0, 0.1) is 17.2 Å². The normalized spacial score (nSPS) is 16.0. The number of fused-ring (bicyclic) bond motifs is 1. The van der Waals surface area contributed by atoms with Crippen LogP contribution in [0.4, 0.5) is 9.80 Å². The molecular weight excluding hydrogens is 444 g/mol. The summed E-state index contributed by atoms with van der Waals surface area (Å²) in [5.74, 6) is -0.232. The molecular formula is C23H26N4O5S. The highest BCUT2D eigenvalue weighted by molar-refractivity contribution is 7.16. The van der Waals surface area contributed by atoms with Crippen molar-refractivity contribution in [3.8, 4) is 6.07 Å². The SMILES string of the molecule is CN(CC(O)CO)C(=O)OCC1CCc2c(sc(NC(=O)/C=C/c3cccnc3)c2C#N)C1. The maximum Gasteiger partial charge on any atom is 0.409 e. The van der Waals surface area contributed by atoms with E-state index in [-0.39, 0.29) is 25.0 Å². The van der Waals surface area contributed by atoms with E-state index < -0.39 is 18.8 Å². The third-order valence-electron chi connectivity index (χ3n) is 5.28. The number of ether oxygens (including phenoxy) is 1. The fourth-order valence-electron chi connectivity index (χ4n) is 3.55. The summed E-state index contributed by atoms with van der Waals surface area (Å²) >= 11 is 1.38. The minimum Gasteiger partial charge on any atom is -0.449 e. The van der Waals surface area contributed by atoms with Crippen molar-refractivity contribution in [3.63, 3.8) is 0 Å². The Bertz CT molecular complexity index is 1050. The van der Waals surface area contributed by atoms with Gasteiger partial charge in [-0.25, -0.2) is 4.79 Å². The van der Waals surface area contributed by atoms with Gasteiger partial charge in [0.25, 0.3) is 0 Å². The topological polar surface area (TPSA) is 136 Å². The third kappa shape index (κ3) is 6.61. The fourth-order valence-corrected chi connectivity index (χ4v) is 4.87. The molecule has 0 spiro atoms. The Morgan fingerprint density at radius 1 is 1.52 bits per heavy atom. The number of nitriles is 1. The van der Waals surface area contributed by atoms with Gasteiger partial charge in [0, 0.05) is 30.4 Å². The molecule has 0 radical (unpaired) electrons. The van der Waals surface area contributed by atoms with Gasteiger partial charge < -0.3 is 25.2 Å². The first-order valence-electron chi connectivity index (χ1n) is 10.5. The van der Waals surface area contributed by atoms with Crippen LogP contribution >= 0.6 is 11.3 Å². The van der Waals surface area contributed by atoms with Crippen molar-refractivity contribution in [2.75, 3.05) is 32.1 Å². The van der Waals surface area contributed by atoms with Gasteiger partial charge in [0.15, 0.2) is 0 Å². The quantitative estimate of drug-likeness (QED) is 0.503. The van der Waals surface area contributed by atoms with Gasteiger partial charge >= 0.3 is 6.09 Å². The number of anilines is 1. The minimum atomic E-state index is -1.01. The van der Waals surface area contributed by atoms with Crippen molar-refractivity contribution in [3.05, 3.63) is 52.2 Å². The van der Waals surface area contributed by atoms with E-state index in [1.807, 2.05) is 6.07 Å². The molecule has 0 aromatic carbocycles. The number of likely N-dealkylation sites (N-methyl/N-ethyl adjacent to an activating group) is 1. The van der Waals surface area contributed by atoms with Crippen LogP contribution < -0.4 is 5.32 Å². The zero-order valence-corrected chi connectivity index (χ0v) is 19.0. The van der Waals surface area contributed by atoms with Crippen LogP contribution in [-0.2, 0) is 22.4 Å². The Kier molecular flexibility index (Phi) is 8.54. The van der Waals surface area contributed by atoms with Crippen molar-refractivity contribution in [1.29, 1.82) is 5.26 Å². The summed E-state index contributed by atoms with van der Waals surface area (Å²) in [4.78, 5) is 30.7. The van der Waals surface area contributed by atoms with Crippen molar-refractivity contribution in [2.45, 2.75) is 25.4 Å². The zero-order valence-electron chi connectivity index (χ0n) is 18.2. The van der Waals surface area contributed by atoms with E-state index in [0.29, 0.717) is 23.4 Å². The average molecular weight is 471 g/mol. The van der Waals surface area contributed by atoms with Crippen LogP contribution in [0.5, 0.6) is 0 Å². The number of pyridine rings is 1. The van der Waals surface area contributed by atoms with E-state index in [0.717, 1.165) is 22.4 Å². The number of nitrogens with zero attached hydrogens (tertiary/aromatic N) is 3. The molecule has 3 N–H and O–H groups in total. The van der Waals surface area contributed by atoms with Crippen molar-refractivity contribution >= 4 is 34.4 Å². The molecule has 0 saturated heterocycles. The average Bonchev–Trinajstić information content (AvgIpc) is 3.17. The summed E-state index contributed by atoms with van der Waals surface area (Å²) in [6.45, 7) is -0.229. The third-order valence-corrected chi connectivity index (χ3v) is 6.45. The second-order valence-corrected chi connectivity index (χ2v) is 8.94. The first kappa shape index (κ1) is 24.4. The van der Waals surface area contributed by atoms with Crippen LogP contribution in [-0.4, -0.2) is 65.0 Å². The molecule has 2 heterocycles. The predicted octanol–water partition coefficient (Wildman–Crippen LogP) is 2.19. The maximum atomic E-state index is 12.4. The van der Waals surface area contributed by atoms with Crippen LogP contribution in [0.25, 0.3) is 6.08 Å². The number of aliphatic hydroxyl groups excluding tert-OH is 2. The Labute approximate surface area is 195 Å². The molecule has 10 heteroatoms. The minimum absolute atomic E-state index is 0.0150. The van der Waals surface area contributed by atoms with E-state index in [2.05, 4.69) is 16.4 Å². The van der Waals surface area contributed by atoms with E-state index in [1.54, 1.807) is 24.5 Å². The number of hydrogen-bond donors (Lipinski definition) is 3. The fraction of sp³-hybridized carbons (Fsp3) is 0.391. The highest BCUT2D eigenvalue weighted by Gasteiger charge is 2.27. The second-order valence-electron chi connectivity index (χ2n) is 7.83. The molecule has 2 aromatic rings. The number of carbonyl (C=O) groups excluding carboxylic acids is 2. The van der Waals surface area contributed by atoms with E-state index in [9.17, 15) is 20.0 Å². The van der Waals surface area contributed by atoms with Gasteiger partial charge in [-0.1, -0.05) is 6.07 Å². The summed E-state index contributed by atoms with van der Waals surface area (Å²) in [5, 5.41) is 31.3. The standard InChI is InChI=1S/C23H26N4O5S/c1-27(12-17(29)13-28)23(31)32-14-16-4-6-18-19(10-24)22(33-20(18)9-16)26-21(30)7-5-15-3-2-8-25-11-15/h2-3,5,7-8,11,16-17,28-29H,4,6,9,12-14H2,1H3,(H,26,30)/b7-5+. The first-order chi connectivity index (χ1) is 15.9. The molecule has 2 aromatic heterocycles. The molecule has 2 atom stereocenters. The van der Waals surface area contributed by atoms with Crippen molar-refractivity contribution < 1.29 is 24.5 Å². The Balaban J connectivity index is 1.59. The second kappa shape index (κ2) is 11.6. The molecule has 9 nitrogen and oxygen atoms in total. The number of aliphatic hydroxyl groups is 2. The Morgan fingerprint density at radius 3 is 3.03 bits per heavy atom. The first-order valence-corrected chi connectivity index (χ1v) is 11.3. The molecule has 2 amide bonds. The lowest BCUT2D eigenvalue weighted by molar-refractivity contribution is -0.111. The molecule has 174 valence electrons. The Hall–Kier alpha value is -3.26. The van der Waals surface area contributed by atoms with Crippen LogP contribution in [0.15, 0.2) is 30.6 Å². The highest BCUT2D eigenvalue weighted by Crippen LogP contribution is 2.39. The van der Waals surface area contributed by atoms with Gasteiger partial charge in [-0.2, -0.15) is 5.26 Å². The summed E-state index contributed by atoms with van der Waals surface area (Å²) in [6, 6.07) is 5.83. The molecule has 1 aliphatic carbocycles. The van der Waals surface area contributed by atoms with Gasteiger partial charge in [-0.05, 0) is 48.4 Å². The van der Waals surface area contributed by atoms with E-state index in [1.165, 1.54) is 29.4 Å². The van der Waals surface area contributed by atoms with Crippen molar-refractivity contribution in [2.24, 2.45) is 5.92 Å². The summed E-state index contributed by atoms with van der Waals surface area (Å²) in [5.41, 5.74) is 2.23. The monoisotopic (exact) mass is 470 g/mol. The molecule has 1 aliphatic rings. The number of nitrogens with one attached hydrogen (secondary N) is 1. The van der Waals surface area contributed by atoms with Crippen LogP contribution in [0.1, 0.15) is 28.0 Å². The van der Waals surface area contributed by atoms with Crippen LogP contribution in [0.3, 0.4) is 0 Å². The van der Waals surface area contributed by atoms with Gasteiger partial charge in [0.1, 0.15) is 11.1 Å². The lowest BCUT2D eigenvalue weighted by Crippen LogP contribution is -2.37. The van der Waals surface area contributed by atoms with Gasteiger partial charge in [0.2, 0.25) is 5.91 Å². The lowest BCUT2D eigenvalue weighted by Gasteiger charge is -2.24. The van der Waals surface area contributed by atoms with Gasteiger partial charge in [-0.15, -0.1) is 11.3 Å². The van der Waals surface area contributed by atoms with Gasteiger partial charge in [0.05, 0.1) is 31.4 Å². The lowest BCUT2D eigenvalue weighted by atomic mass is 9.88. The largest absolute Gasteiger partial charge is 0.449 e. The number of carbonyl (C=O) groups is 2. The smallest absolute Gasteiger partial charge is 0.409 e. The Morgan fingerprint density at radius 2 is 2.33 bits per heavy atom. The molecule has 0 aliphatic heterocycles. The van der Waals surface area contributed by atoms with Crippen LogP contribution in [0.2, 0.25) is 0 Å². The molecule has 2 unspecified atom stereocenters. The number of aromatic nitrogens is 1. The number of hydrogen-bond acceptors (Lipinski definition) is 8. The number of thiophene rings is 1. The summed E-state index contributed by atoms with van der Waals surface area (Å²) < 4.78 is 5.36. The van der Waals surface area contributed by atoms with Gasteiger partial charge in [-0.3, -0.25) is 9.78 Å². The van der Waals surface area contributed by atoms with Crippen molar-refractivity contribution in [1.82, 2.24) is 9.88 Å². The molecule has 0 fully saturated rings. The maximum absolute atomic E-state index is 12.4. The predicted molar refractivity (Wildman–Crippen MR) is 124 cm³/mol. The molecule has 0 saturated carbocycles. The summed E-state index contributed by atoms with van der Waals surface area (Å²) in [7, 11) is 1.50. The number of amides is 2.